The average molecular weight is 225 g/mol. The molecule has 0 N–H and O–H groups in total. The molecule has 2 nitrogen and oxygen atoms in total. The zero-order valence-corrected chi connectivity index (χ0v) is 9.60. The molecule has 3 heteroatoms. The summed E-state index contributed by atoms with van der Waals surface area (Å²) in [5.74, 6) is 6.92. The Hall–Kier alpha value is -1.17. The highest BCUT2D eigenvalue weighted by molar-refractivity contribution is 6.19. The smallest absolute Gasteiger partial charge is 0.188 e. The molecule has 1 aromatic rings. The largest absolute Gasteiger partial charge is 0.467 e. The molecule has 0 aliphatic rings. The van der Waals surface area contributed by atoms with Gasteiger partial charge in [-0.15, -0.1) is 11.6 Å². The van der Waals surface area contributed by atoms with Gasteiger partial charge >= 0.3 is 0 Å². The van der Waals surface area contributed by atoms with E-state index in [1.807, 2.05) is 25.1 Å². The molecule has 0 spiro atoms. The van der Waals surface area contributed by atoms with Gasteiger partial charge in [0.1, 0.15) is 5.75 Å². The number of benzene rings is 1. The van der Waals surface area contributed by atoms with E-state index in [-0.39, 0.29) is 6.79 Å². The molecule has 0 aliphatic carbocycles. The highest BCUT2D eigenvalue weighted by Gasteiger charge is 1.99. The third kappa shape index (κ3) is 3.83. The van der Waals surface area contributed by atoms with Gasteiger partial charge in [-0.2, -0.15) is 0 Å². The average Bonchev–Trinajstić information content (AvgIpc) is 2.25. The van der Waals surface area contributed by atoms with E-state index >= 15 is 0 Å². The van der Waals surface area contributed by atoms with Crippen LogP contribution in [0.1, 0.15) is 11.1 Å². The van der Waals surface area contributed by atoms with Crippen LogP contribution in [0.5, 0.6) is 5.75 Å². The summed E-state index contributed by atoms with van der Waals surface area (Å²) in [4.78, 5) is 0. The van der Waals surface area contributed by atoms with Crippen LogP contribution in [0, 0.1) is 18.8 Å². The second kappa shape index (κ2) is 6.34. The highest BCUT2D eigenvalue weighted by atomic mass is 35.5. The maximum atomic E-state index is 5.48. The third-order valence-electron chi connectivity index (χ3n) is 1.81. The molecule has 0 radical (unpaired) electrons. The van der Waals surface area contributed by atoms with Gasteiger partial charge in [-0.05, 0) is 30.7 Å². The van der Waals surface area contributed by atoms with Crippen molar-refractivity contribution in [1.29, 1.82) is 0 Å². The van der Waals surface area contributed by atoms with Crippen molar-refractivity contribution in [2.45, 2.75) is 6.92 Å². The van der Waals surface area contributed by atoms with Crippen molar-refractivity contribution in [3.63, 3.8) is 0 Å². The van der Waals surface area contributed by atoms with E-state index in [0.29, 0.717) is 5.88 Å². The van der Waals surface area contributed by atoms with Gasteiger partial charge < -0.3 is 9.47 Å². The molecular weight excluding hydrogens is 212 g/mol. The summed E-state index contributed by atoms with van der Waals surface area (Å²) in [6.07, 6.45) is 0. The van der Waals surface area contributed by atoms with Gasteiger partial charge in [0.15, 0.2) is 6.79 Å². The first kappa shape index (κ1) is 11.9. The zero-order chi connectivity index (χ0) is 11.1. The Bertz CT molecular complexity index is 377. The first-order valence-electron chi connectivity index (χ1n) is 4.55. The Morgan fingerprint density at radius 1 is 1.40 bits per heavy atom. The van der Waals surface area contributed by atoms with Crippen LogP contribution in [0.15, 0.2) is 18.2 Å². The molecular formula is C12H13ClO2. The molecule has 1 aromatic carbocycles. The lowest BCUT2D eigenvalue weighted by molar-refractivity contribution is 0.0506. The van der Waals surface area contributed by atoms with Crippen molar-refractivity contribution in [3.05, 3.63) is 29.3 Å². The topological polar surface area (TPSA) is 18.5 Å². The number of alkyl halides is 1. The summed E-state index contributed by atoms with van der Waals surface area (Å²) in [5.41, 5.74) is 1.98. The van der Waals surface area contributed by atoms with Gasteiger partial charge in [-0.1, -0.05) is 11.8 Å². The number of aryl methyl sites for hydroxylation is 1. The molecule has 0 saturated carbocycles. The normalized spacial score (nSPS) is 9.27. The van der Waals surface area contributed by atoms with Crippen LogP contribution in [-0.4, -0.2) is 19.8 Å². The highest BCUT2D eigenvalue weighted by Crippen LogP contribution is 2.18. The van der Waals surface area contributed by atoms with E-state index in [0.717, 1.165) is 16.9 Å². The Balaban J connectivity index is 2.78. The second-order valence-electron chi connectivity index (χ2n) is 2.97. The molecule has 0 fully saturated rings. The molecule has 0 unspecified atom stereocenters. The van der Waals surface area contributed by atoms with Gasteiger partial charge in [0.25, 0.3) is 0 Å². The Kier molecular flexibility index (Phi) is 5.03. The van der Waals surface area contributed by atoms with Crippen molar-refractivity contribution < 1.29 is 9.47 Å². The number of ether oxygens (including phenoxy) is 2. The molecule has 80 valence electrons. The van der Waals surface area contributed by atoms with E-state index in [2.05, 4.69) is 11.8 Å². The third-order valence-corrected chi connectivity index (χ3v) is 1.94. The van der Waals surface area contributed by atoms with E-state index < -0.39 is 0 Å². The quantitative estimate of drug-likeness (QED) is 0.446. The van der Waals surface area contributed by atoms with Gasteiger partial charge in [-0.25, -0.2) is 0 Å². The fourth-order valence-corrected chi connectivity index (χ4v) is 1.21. The zero-order valence-electron chi connectivity index (χ0n) is 8.84. The molecule has 0 heterocycles. The van der Waals surface area contributed by atoms with Crippen molar-refractivity contribution >= 4 is 11.6 Å². The van der Waals surface area contributed by atoms with Gasteiger partial charge in [0, 0.05) is 12.7 Å². The summed E-state index contributed by atoms with van der Waals surface area (Å²) in [5, 5.41) is 0. The van der Waals surface area contributed by atoms with E-state index in [9.17, 15) is 0 Å². The maximum Gasteiger partial charge on any atom is 0.188 e. The molecule has 0 aliphatic heterocycles. The van der Waals surface area contributed by atoms with Crippen LogP contribution in [0.3, 0.4) is 0 Å². The standard InChI is InChI=1S/C12H13ClO2/c1-10-8-11(4-3-7-13)5-6-12(10)15-9-14-2/h5-6,8H,7,9H2,1-2H3. The molecule has 15 heavy (non-hydrogen) atoms. The van der Waals surface area contributed by atoms with Gasteiger partial charge in [0.2, 0.25) is 0 Å². The number of halogens is 1. The van der Waals surface area contributed by atoms with Gasteiger partial charge in [0.05, 0.1) is 5.88 Å². The molecule has 0 bridgehead atoms. The lowest BCUT2D eigenvalue weighted by Crippen LogP contribution is -2.00. The van der Waals surface area contributed by atoms with Crippen molar-refractivity contribution in [3.8, 4) is 17.6 Å². The fraction of sp³-hybridized carbons (Fsp3) is 0.333. The second-order valence-corrected chi connectivity index (χ2v) is 3.23. The van der Waals surface area contributed by atoms with Crippen LogP contribution in [0.2, 0.25) is 0 Å². The van der Waals surface area contributed by atoms with E-state index in [4.69, 9.17) is 21.1 Å². The van der Waals surface area contributed by atoms with E-state index in [1.165, 1.54) is 0 Å². The van der Waals surface area contributed by atoms with Crippen molar-refractivity contribution in [2.24, 2.45) is 0 Å². The Morgan fingerprint density at radius 3 is 2.80 bits per heavy atom. The van der Waals surface area contributed by atoms with Crippen molar-refractivity contribution in [1.82, 2.24) is 0 Å². The Morgan fingerprint density at radius 2 is 2.20 bits per heavy atom. The monoisotopic (exact) mass is 224 g/mol. The summed E-state index contributed by atoms with van der Waals surface area (Å²) >= 11 is 5.48. The molecule has 0 amide bonds. The SMILES string of the molecule is COCOc1ccc(C#CCCl)cc1C. The number of hydrogen-bond donors (Lipinski definition) is 0. The van der Waals surface area contributed by atoms with Crippen LogP contribution in [-0.2, 0) is 4.74 Å². The maximum absolute atomic E-state index is 5.48. The molecule has 0 atom stereocenters. The van der Waals surface area contributed by atoms with Crippen LogP contribution < -0.4 is 4.74 Å². The van der Waals surface area contributed by atoms with Crippen LogP contribution in [0.4, 0.5) is 0 Å². The van der Waals surface area contributed by atoms with Gasteiger partial charge in [-0.3, -0.25) is 0 Å². The summed E-state index contributed by atoms with van der Waals surface area (Å²) in [6, 6.07) is 5.74. The summed E-state index contributed by atoms with van der Waals surface area (Å²) in [7, 11) is 1.59. The minimum absolute atomic E-state index is 0.257. The first-order valence-corrected chi connectivity index (χ1v) is 5.08. The summed E-state index contributed by atoms with van der Waals surface area (Å²) < 4.78 is 10.2. The first-order chi connectivity index (χ1) is 7.27. The predicted molar refractivity (Wildman–Crippen MR) is 61.3 cm³/mol. The summed E-state index contributed by atoms with van der Waals surface area (Å²) in [6.45, 7) is 2.23. The molecule has 0 saturated heterocycles. The molecule has 1 rings (SSSR count). The lowest BCUT2D eigenvalue weighted by Gasteiger charge is -2.07. The fourth-order valence-electron chi connectivity index (χ4n) is 1.15. The number of hydrogen-bond acceptors (Lipinski definition) is 2. The molecule has 0 aromatic heterocycles. The number of methoxy groups -OCH3 is 1. The Labute approximate surface area is 95.2 Å². The van der Waals surface area contributed by atoms with Crippen molar-refractivity contribution in [2.75, 3.05) is 19.8 Å². The van der Waals surface area contributed by atoms with Crippen LogP contribution >= 0.6 is 11.6 Å². The lowest BCUT2D eigenvalue weighted by atomic mass is 10.1. The minimum atomic E-state index is 0.257. The number of rotatable bonds is 3. The van der Waals surface area contributed by atoms with E-state index in [1.54, 1.807) is 7.11 Å². The minimum Gasteiger partial charge on any atom is -0.467 e. The predicted octanol–water partition coefficient (Wildman–Crippen LogP) is 2.57. The van der Waals surface area contributed by atoms with Crippen LogP contribution in [0.25, 0.3) is 0 Å².